The quantitative estimate of drug-likeness (QED) is 0.361. The molecule has 0 aliphatic rings. The molecule has 0 spiro atoms. The topological polar surface area (TPSA) is 57.6 Å². The number of hydrogen-bond acceptors (Lipinski definition) is 6. The number of hydrogen-bond donors (Lipinski definition) is 0. The van der Waals surface area contributed by atoms with Gasteiger partial charge in [0.15, 0.2) is 5.75 Å². The molecule has 0 saturated carbocycles. The van der Waals surface area contributed by atoms with Crippen LogP contribution in [0.2, 0.25) is 0 Å². The lowest BCUT2D eigenvalue weighted by molar-refractivity contribution is -0.142. The van der Waals surface area contributed by atoms with E-state index in [1.165, 1.54) is 15.9 Å². The molecule has 1 heterocycles. The lowest BCUT2D eigenvalue weighted by Crippen LogP contribution is -2.03. The van der Waals surface area contributed by atoms with Crippen LogP contribution in [0, 0.1) is 11.2 Å². The van der Waals surface area contributed by atoms with Crippen LogP contribution in [0.1, 0.15) is 23.7 Å². The largest absolute Gasteiger partial charge is 0.497 e. The summed E-state index contributed by atoms with van der Waals surface area (Å²) in [6, 6.07) is 9.41. The highest BCUT2D eigenvalue weighted by Crippen LogP contribution is 2.21. The van der Waals surface area contributed by atoms with E-state index in [1.807, 2.05) is 24.3 Å². The fourth-order valence-electron chi connectivity index (χ4n) is 1.91. The lowest BCUT2D eigenvalue weighted by Gasteiger charge is -2.10. The highest BCUT2D eigenvalue weighted by molar-refractivity contribution is 14.2. The number of carbonyl (C=O) groups is 1. The van der Waals surface area contributed by atoms with E-state index in [4.69, 9.17) is 14.2 Å². The zero-order valence-electron chi connectivity index (χ0n) is 13.7. The molecule has 0 N–H and O–H groups in total. The Morgan fingerprint density at radius 1 is 1.28 bits per heavy atom. The molecule has 0 amide bonds. The van der Waals surface area contributed by atoms with Gasteiger partial charge >= 0.3 is 5.97 Å². The second-order valence-electron chi connectivity index (χ2n) is 4.89. The van der Waals surface area contributed by atoms with E-state index in [9.17, 15) is 4.79 Å². The first-order chi connectivity index (χ1) is 12.1. The Labute approximate surface area is 163 Å². The minimum absolute atomic E-state index is 0.111. The van der Waals surface area contributed by atoms with Crippen LogP contribution in [-0.4, -0.2) is 18.1 Å². The molecular weight excluding hydrogens is 453 g/mol. The second kappa shape index (κ2) is 10.2. The molecule has 0 aliphatic carbocycles. The summed E-state index contributed by atoms with van der Waals surface area (Å²) in [6.45, 7) is 1.86. The molecule has 1 aromatic carbocycles. The molecule has 0 bridgehead atoms. The van der Waals surface area contributed by atoms with Gasteiger partial charge in [0, 0.05) is 28.1 Å². The first-order valence-corrected chi connectivity index (χ1v) is 10.6. The number of methoxy groups -OCH3 is 1. The number of ether oxygens (including phenoxy) is 3. The molecule has 0 atom stereocenters. The van der Waals surface area contributed by atoms with Gasteiger partial charge in [0.1, 0.15) is 19.0 Å². The van der Waals surface area contributed by atoms with E-state index < -0.39 is 0 Å². The Morgan fingerprint density at radius 2 is 2.04 bits per heavy atom. The minimum atomic E-state index is -0.350. The average Bonchev–Trinajstić information content (AvgIpc) is 2.64. The van der Waals surface area contributed by atoms with Crippen molar-refractivity contribution in [3.8, 4) is 22.7 Å². The van der Waals surface area contributed by atoms with Crippen LogP contribution in [0.4, 0.5) is 0 Å². The Bertz CT molecular complexity index is 784. The predicted octanol–water partition coefficient (Wildman–Crippen LogP) is 4.12. The molecule has 1 aromatic heterocycles. The van der Waals surface area contributed by atoms with E-state index in [-0.39, 0.29) is 12.6 Å². The molecule has 0 unspecified atom stereocenters. The van der Waals surface area contributed by atoms with Crippen molar-refractivity contribution in [1.29, 1.82) is 0 Å². The second-order valence-corrected chi connectivity index (χ2v) is 6.57. The van der Waals surface area contributed by atoms with E-state index in [1.54, 1.807) is 19.4 Å². The molecule has 0 aliphatic heterocycles. The Balaban J connectivity index is 2.12. The van der Waals surface area contributed by atoms with Gasteiger partial charge < -0.3 is 14.2 Å². The average molecular weight is 469 g/mol. The summed E-state index contributed by atoms with van der Waals surface area (Å²) in [4.78, 5) is 15.2. The van der Waals surface area contributed by atoms with E-state index in [0.29, 0.717) is 23.6 Å². The molecule has 130 valence electrons. The maximum Gasteiger partial charge on any atom is 0.303 e. The number of aromatic nitrogens is 1. The Morgan fingerprint density at radius 3 is 2.68 bits per heavy atom. The Kier molecular flexibility index (Phi) is 7.88. The van der Waals surface area contributed by atoms with Crippen molar-refractivity contribution < 1.29 is 19.0 Å². The highest BCUT2D eigenvalue weighted by Gasteiger charge is 2.07. The molecule has 0 radical (unpaired) electrons. The number of pyridine rings is 1. The first-order valence-electron chi connectivity index (χ1n) is 7.29. The van der Waals surface area contributed by atoms with Gasteiger partial charge in [0.05, 0.1) is 24.6 Å². The van der Waals surface area contributed by atoms with Crippen LogP contribution in [-0.2, 0) is 22.7 Å². The third kappa shape index (κ3) is 6.48. The van der Waals surface area contributed by atoms with Crippen LogP contribution >= 0.6 is 30.1 Å². The zero-order valence-corrected chi connectivity index (χ0v) is 16.7. The van der Waals surface area contributed by atoms with Gasteiger partial charge in [-0.15, -0.1) is 0 Å². The minimum Gasteiger partial charge on any atom is -0.497 e. The van der Waals surface area contributed by atoms with Gasteiger partial charge in [-0.3, -0.25) is 9.78 Å². The summed E-state index contributed by atoms with van der Waals surface area (Å²) >= 11 is 2.10. The van der Waals surface area contributed by atoms with Crippen LogP contribution in [0.3, 0.4) is 0 Å². The van der Waals surface area contributed by atoms with Gasteiger partial charge in [-0.2, -0.15) is 0 Å². The van der Waals surface area contributed by atoms with Gasteiger partial charge in [0.25, 0.3) is 0 Å². The number of halogens is 1. The molecule has 5 nitrogen and oxygen atoms in total. The number of esters is 1. The van der Waals surface area contributed by atoms with Crippen molar-refractivity contribution in [2.75, 3.05) is 7.11 Å². The van der Waals surface area contributed by atoms with E-state index >= 15 is 0 Å². The van der Waals surface area contributed by atoms with Crippen LogP contribution < -0.4 is 9.47 Å². The summed E-state index contributed by atoms with van der Waals surface area (Å²) in [5, 5.41) is 2.93. The summed E-state index contributed by atoms with van der Waals surface area (Å²) in [7, 11) is 3.01. The van der Waals surface area contributed by atoms with E-state index in [0.717, 1.165) is 11.3 Å². The molecule has 0 saturated heterocycles. The van der Waals surface area contributed by atoms with Crippen molar-refractivity contribution in [2.24, 2.45) is 0 Å². The van der Waals surface area contributed by atoms with Crippen LogP contribution in [0.25, 0.3) is 0 Å². The fraction of sp³-hybridized carbons (Fsp3) is 0.222. The monoisotopic (exact) mass is 469 g/mol. The van der Waals surface area contributed by atoms with Crippen molar-refractivity contribution in [2.45, 2.75) is 20.1 Å². The summed E-state index contributed by atoms with van der Waals surface area (Å²) in [5.41, 5.74) is 2.33. The molecular formula is C18H16INO4S. The van der Waals surface area contributed by atoms with Crippen molar-refractivity contribution in [3.63, 3.8) is 0 Å². The maximum atomic E-state index is 10.9. The molecule has 7 heteroatoms. The van der Waals surface area contributed by atoms with Crippen molar-refractivity contribution >= 4 is 36.1 Å². The zero-order chi connectivity index (χ0) is 18.1. The van der Waals surface area contributed by atoms with Gasteiger partial charge in [-0.05, 0) is 37.9 Å². The van der Waals surface area contributed by atoms with Crippen LogP contribution in [0.15, 0.2) is 36.5 Å². The predicted molar refractivity (Wildman–Crippen MR) is 106 cm³/mol. The van der Waals surface area contributed by atoms with Crippen molar-refractivity contribution in [1.82, 2.24) is 4.98 Å². The van der Waals surface area contributed by atoms with Crippen LogP contribution in [0.5, 0.6) is 11.5 Å². The molecule has 2 rings (SSSR count). The van der Waals surface area contributed by atoms with Crippen molar-refractivity contribution in [3.05, 3.63) is 53.3 Å². The third-order valence-electron chi connectivity index (χ3n) is 3.13. The normalized spacial score (nSPS) is 9.72. The first kappa shape index (κ1) is 19.4. The SMILES string of the molecule is COc1ccc(COc2cnc(COC(C)=O)cc2C#CSI)cc1. The number of carbonyl (C=O) groups excluding carboxylic acids is 1. The standard InChI is InChI=1S/C18H16INO4S/c1-13(21)23-12-16-9-15(7-8-25-19)18(10-20-16)24-11-14-3-5-17(22-2)6-4-14/h3-6,9-10H,11-12H2,1-2H3. The highest BCUT2D eigenvalue weighted by atomic mass is 127. The third-order valence-corrected chi connectivity index (χ3v) is 3.96. The van der Waals surface area contributed by atoms with Gasteiger partial charge in [-0.1, -0.05) is 18.1 Å². The summed E-state index contributed by atoms with van der Waals surface area (Å²) < 4.78 is 16.0. The van der Waals surface area contributed by atoms with Gasteiger partial charge in [-0.25, -0.2) is 0 Å². The molecule has 0 fully saturated rings. The van der Waals surface area contributed by atoms with Gasteiger partial charge in [0.2, 0.25) is 0 Å². The smallest absolute Gasteiger partial charge is 0.303 e. The van der Waals surface area contributed by atoms with E-state index in [2.05, 4.69) is 37.4 Å². The maximum absolute atomic E-state index is 10.9. The number of nitrogens with zero attached hydrogens (tertiary/aromatic N) is 1. The lowest BCUT2D eigenvalue weighted by atomic mass is 10.2. The summed E-state index contributed by atoms with van der Waals surface area (Å²) in [6.07, 6.45) is 1.60. The molecule has 25 heavy (non-hydrogen) atoms. The number of rotatable bonds is 6. The molecule has 2 aromatic rings. The fourth-order valence-corrected chi connectivity index (χ4v) is 2.39. The Hall–Kier alpha value is -1.92. The number of benzene rings is 1. The summed E-state index contributed by atoms with van der Waals surface area (Å²) in [5.74, 6) is 4.06.